The molecule has 0 saturated heterocycles. The zero-order valence-electron chi connectivity index (χ0n) is 11.1. The summed E-state index contributed by atoms with van der Waals surface area (Å²) in [5, 5.41) is 8.82. The molecule has 0 bridgehead atoms. The molecule has 0 amide bonds. The van der Waals surface area contributed by atoms with Crippen LogP contribution in [0.15, 0.2) is 24.3 Å². The van der Waals surface area contributed by atoms with E-state index in [4.69, 9.17) is 5.11 Å². The molecule has 18 heavy (non-hydrogen) atoms. The number of ether oxygens (including phenoxy) is 1. The van der Waals surface area contributed by atoms with Crippen molar-refractivity contribution in [2.75, 3.05) is 26.8 Å². The second kappa shape index (κ2) is 7.84. The van der Waals surface area contributed by atoms with Crippen LogP contribution in [0.2, 0.25) is 0 Å². The smallest absolute Gasteiger partial charge is 0.337 e. The maximum absolute atomic E-state index is 11.3. The summed E-state index contributed by atoms with van der Waals surface area (Å²) in [5.74, 6) is -0.311. The van der Waals surface area contributed by atoms with Gasteiger partial charge in [-0.25, -0.2) is 4.79 Å². The third-order valence-electron chi connectivity index (χ3n) is 2.86. The minimum absolute atomic E-state index is 0.220. The molecule has 0 aromatic heterocycles. The standard InChI is InChI=1S/C14H21NO3/c1-3-15(9-4-10-16)11-12-5-7-13(8-6-12)14(17)18-2/h5-8,16H,3-4,9-11H2,1-2H3. The van der Waals surface area contributed by atoms with E-state index in [1.54, 1.807) is 12.1 Å². The van der Waals surface area contributed by atoms with Gasteiger partial charge < -0.3 is 9.84 Å². The van der Waals surface area contributed by atoms with Gasteiger partial charge in [0.2, 0.25) is 0 Å². The van der Waals surface area contributed by atoms with Gasteiger partial charge in [0.25, 0.3) is 0 Å². The van der Waals surface area contributed by atoms with Crippen molar-refractivity contribution in [2.24, 2.45) is 0 Å². The lowest BCUT2D eigenvalue weighted by Crippen LogP contribution is -2.24. The Morgan fingerprint density at radius 3 is 2.50 bits per heavy atom. The zero-order valence-corrected chi connectivity index (χ0v) is 11.1. The third-order valence-corrected chi connectivity index (χ3v) is 2.86. The van der Waals surface area contributed by atoms with E-state index in [1.165, 1.54) is 7.11 Å². The molecule has 0 atom stereocenters. The topological polar surface area (TPSA) is 49.8 Å². The van der Waals surface area contributed by atoms with E-state index in [2.05, 4.69) is 16.6 Å². The minimum atomic E-state index is -0.311. The summed E-state index contributed by atoms with van der Waals surface area (Å²) in [5.41, 5.74) is 1.72. The first-order valence-corrected chi connectivity index (χ1v) is 6.21. The number of nitrogens with zero attached hydrogens (tertiary/aromatic N) is 1. The number of benzene rings is 1. The second-order valence-electron chi connectivity index (χ2n) is 4.13. The van der Waals surface area contributed by atoms with Crippen LogP contribution in [0.25, 0.3) is 0 Å². The highest BCUT2D eigenvalue weighted by Crippen LogP contribution is 2.09. The fourth-order valence-corrected chi connectivity index (χ4v) is 1.77. The average Bonchev–Trinajstić information content (AvgIpc) is 2.43. The van der Waals surface area contributed by atoms with Crippen molar-refractivity contribution >= 4 is 5.97 Å². The summed E-state index contributed by atoms with van der Waals surface area (Å²) >= 11 is 0. The van der Waals surface area contributed by atoms with Crippen molar-refractivity contribution in [3.8, 4) is 0 Å². The number of hydrogen-bond donors (Lipinski definition) is 1. The van der Waals surface area contributed by atoms with E-state index < -0.39 is 0 Å². The van der Waals surface area contributed by atoms with E-state index in [9.17, 15) is 4.79 Å². The predicted octanol–water partition coefficient (Wildman–Crippen LogP) is 1.68. The highest BCUT2D eigenvalue weighted by molar-refractivity contribution is 5.89. The van der Waals surface area contributed by atoms with Gasteiger partial charge in [-0.1, -0.05) is 19.1 Å². The van der Waals surface area contributed by atoms with Gasteiger partial charge in [-0.15, -0.1) is 0 Å². The maximum Gasteiger partial charge on any atom is 0.337 e. The lowest BCUT2D eigenvalue weighted by Gasteiger charge is -2.19. The highest BCUT2D eigenvalue weighted by atomic mass is 16.5. The molecule has 1 N–H and O–H groups in total. The van der Waals surface area contributed by atoms with Gasteiger partial charge in [-0.3, -0.25) is 4.90 Å². The Bertz CT molecular complexity index is 362. The Hall–Kier alpha value is -1.39. The van der Waals surface area contributed by atoms with Crippen LogP contribution in [0.5, 0.6) is 0 Å². The van der Waals surface area contributed by atoms with Crippen molar-refractivity contribution in [1.29, 1.82) is 0 Å². The molecule has 0 radical (unpaired) electrons. The molecular formula is C14H21NO3. The lowest BCUT2D eigenvalue weighted by molar-refractivity contribution is 0.0600. The van der Waals surface area contributed by atoms with Gasteiger partial charge in [-0.05, 0) is 30.7 Å². The number of methoxy groups -OCH3 is 1. The largest absolute Gasteiger partial charge is 0.465 e. The molecule has 100 valence electrons. The Kier molecular flexibility index (Phi) is 6.39. The number of rotatable bonds is 7. The van der Waals surface area contributed by atoms with Gasteiger partial charge in [-0.2, -0.15) is 0 Å². The molecule has 0 saturated carbocycles. The number of carbonyl (C=O) groups excluding carboxylic acids is 1. The average molecular weight is 251 g/mol. The van der Waals surface area contributed by atoms with Gasteiger partial charge in [0.1, 0.15) is 0 Å². The van der Waals surface area contributed by atoms with Crippen LogP contribution < -0.4 is 0 Å². The van der Waals surface area contributed by atoms with Crippen LogP contribution in [-0.2, 0) is 11.3 Å². The summed E-state index contributed by atoms with van der Waals surface area (Å²) in [6, 6.07) is 7.43. The van der Waals surface area contributed by atoms with Crippen molar-refractivity contribution < 1.29 is 14.6 Å². The SMILES string of the molecule is CCN(CCCO)Cc1ccc(C(=O)OC)cc1. The van der Waals surface area contributed by atoms with Crippen LogP contribution in [0.4, 0.5) is 0 Å². The molecule has 0 aliphatic heterocycles. The summed E-state index contributed by atoms with van der Waals surface area (Å²) in [7, 11) is 1.38. The third kappa shape index (κ3) is 4.47. The summed E-state index contributed by atoms with van der Waals surface area (Å²) in [6.07, 6.45) is 0.786. The quantitative estimate of drug-likeness (QED) is 0.749. The Labute approximate surface area is 108 Å². The van der Waals surface area contributed by atoms with Crippen LogP contribution in [-0.4, -0.2) is 42.8 Å². The monoisotopic (exact) mass is 251 g/mol. The van der Waals surface area contributed by atoms with Crippen molar-refractivity contribution in [2.45, 2.75) is 19.9 Å². The fraction of sp³-hybridized carbons (Fsp3) is 0.500. The number of hydrogen-bond acceptors (Lipinski definition) is 4. The molecule has 1 aromatic rings. The van der Waals surface area contributed by atoms with Gasteiger partial charge >= 0.3 is 5.97 Å². The minimum Gasteiger partial charge on any atom is -0.465 e. The normalized spacial score (nSPS) is 10.7. The van der Waals surface area contributed by atoms with E-state index in [0.717, 1.165) is 31.6 Å². The predicted molar refractivity (Wildman–Crippen MR) is 70.4 cm³/mol. The van der Waals surface area contributed by atoms with E-state index >= 15 is 0 Å². The van der Waals surface area contributed by atoms with E-state index in [-0.39, 0.29) is 12.6 Å². The summed E-state index contributed by atoms with van der Waals surface area (Å²) < 4.78 is 4.65. The first kappa shape index (κ1) is 14.7. The second-order valence-corrected chi connectivity index (χ2v) is 4.13. The van der Waals surface area contributed by atoms with E-state index in [0.29, 0.717) is 5.56 Å². The molecule has 0 spiro atoms. The molecule has 0 unspecified atom stereocenters. The Balaban J connectivity index is 2.59. The molecule has 1 aromatic carbocycles. The number of aliphatic hydroxyl groups is 1. The van der Waals surface area contributed by atoms with Crippen LogP contribution >= 0.6 is 0 Å². The molecule has 0 fully saturated rings. The molecule has 0 aliphatic carbocycles. The fourth-order valence-electron chi connectivity index (χ4n) is 1.77. The molecule has 4 heteroatoms. The zero-order chi connectivity index (χ0) is 13.4. The van der Waals surface area contributed by atoms with Gasteiger partial charge in [0.05, 0.1) is 12.7 Å². The molecule has 4 nitrogen and oxygen atoms in total. The molecular weight excluding hydrogens is 230 g/mol. The highest BCUT2D eigenvalue weighted by Gasteiger charge is 2.06. The molecule has 0 aliphatic rings. The number of esters is 1. The van der Waals surface area contributed by atoms with Crippen molar-refractivity contribution in [3.05, 3.63) is 35.4 Å². The first-order chi connectivity index (χ1) is 8.71. The molecule has 1 rings (SSSR count). The van der Waals surface area contributed by atoms with Crippen molar-refractivity contribution in [1.82, 2.24) is 4.90 Å². The van der Waals surface area contributed by atoms with E-state index in [1.807, 2.05) is 12.1 Å². The van der Waals surface area contributed by atoms with Crippen molar-refractivity contribution in [3.63, 3.8) is 0 Å². The van der Waals surface area contributed by atoms with Gasteiger partial charge in [0, 0.05) is 19.7 Å². The van der Waals surface area contributed by atoms with Crippen LogP contribution in [0.1, 0.15) is 29.3 Å². The Morgan fingerprint density at radius 2 is 2.00 bits per heavy atom. The van der Waals surface area contributed by atoms with Crippen LogP contribution in [0.3, 0.4) is 0 Å². The number of aliphatic hydroxyl groups excluding tert-OH is 1. The number of carbonyl (C=O) groups is 1. The maximum atomic E-state index is 11.3. The summed E-state index contributed by atoms with van der Waals surface area (Å²) in [4.78, 5) is 13.5. The van der Waals surface area contributed by atoms with Gasteiger partial charge in [0.15, 0.2) is 0 Å². The first-order valence-electron chi connectivity index (χ1n) is 6.21. The molecule has 0 heterocycles. The Morgan fingerprint density at radius 1 is 1.33 bits per heavy atom. The van der Waals surface area contributed by atoms with Crippen LogP contribution in [0, 0.1) is 0 Å². The summed E-state index contributed by atoms with van der Waals surface area (Å²) in [6.45, 7) is 4.97. The lowest BCUT2D eigenvalue weighted by atomic mass is 10.1.